The zero-order chi connectivity index (χ0) is 41.0. The van der Waals surface area contributed by atoms with Gasteiger partial charge in [-0.05, 0) is 81.1 Å². The van der Waals surface area contributed by atoms with Gasteiger partial charge >= 0.3 is 12.1 Å². The maximum atomic E-state index is 14.7. The quantitative estimate of drug-likeness (QED) is 0.0883. The van der Waals surface area contributed by atoms with Gasteiger partial charge in [-0.2, -0.15) is 18.3 Å². The van der Waals surface area contributed by atoms with E-state index in [9.17, 15) is 41.8 Å². The summed E-state index contributed by atoms with van der Waals surface area (Å²) in [6, 6.07) is 7.75. The number of carboxylic acid groups (broad SMARTS) is 1. The Morgan fingerprint density at radius 1 is 1.02 bits per heavy atom. The number of carbonyl (C=O) groups is 4. The highest BCUT2D eigenvalue weighted by Gasteiger charge is 2.38. The van der Waals surface area contributed by atoms with E-state index in [0.717, 1.165) is 18.9 Å². The molecule has 57 heavy (non-hydrogen) atoms. The summed E-state index contributed by atoms with van der Waals surface area (Å²) >= 11 is 6.46. The molecule has 15 nitrogen and oxygen atoms in total. The lowest BCUT2D eigenvalue weighted by Gasteiger charge is -2.36. The van der Waals surface area contributed by atoms with Crippen molar-refractivity contribution in [3.05, 3.63) is 81.8 Å². The number of aliphatic hydroxyl groups excluding tert-OH is 1. The number of imidazole rings is 1. The van der Waals surface area contributed by atoms with E-state index >= 15 is 0 Å². The van der Waals surface area contributed by atoms with Crippen molar-refractivity contribution >= 4 is 46.7 Å². The number of piperidine rings is 1. The van der Waals surface area contributed by atoms with Crippen molar-refractivity contribution in [1.29, 1.82) is 0 Å². The Bertz CT molecular complexity index is 2130. The molecule has 0 unspecified atom stereocenters. The van der Waals surface area contributed by atoms with Crippen molar-refractivity contribution in [3.8, 4) is 11.3 Å². The summed E-state index contributed by atoms with van der Waals surface area (Å²) in [4.78, 5) is 61.9. The maximum absolute atomic E-state index is 14.7. The molecule has 2 aliphatic heterocycles. The Hall–Kier alpha value is -5.53. The number of benzene rings is 2. The van der Waals surface area contributed by atoms with E-state index in [-0.39, 0.29) is 83.0 Å². The number of nitrogens with one attached hydrogen (secondary N) is 3. The van der Waals surface area contributed by atoms with Crippen LogP contribution in [0.5, 0.6) is 0 Å². The Kier molecular flexibility index (Phi) is 12.5. The normalized spacial score (nSPS) is 16.1. The fraction of sp³-hybridized carbons (Fsp3) is 0.405. The number of aliphatic hydroxyl groups is 1. The number of H-pyrrole nitrogens is 2. The van der Waals surface area contributed by atoms with Gasteiger partial charge in [0.15, 0.2) is 5.82 Å². The van der Waals surface area contributed by atoms with E-state index in [1.807, 2.05) is 10.00 Å². The largest absolute Gasteiger partial charge is 0.480 e. The van der Waals surface area contributed by atoms with E-state index < -0.39 is 53.9 Å². The number of aliphatic carboxylic acids is 1. The number of hydrogen-bond acceptors (Lipinski definition) is 9. The van der Waals surface area contributed by atoms with Gasteiger partial charge in [-0.3, -0.25) is 29.2 Å². The van der Waals surface area contributed by atoms with Gasteiger partial charge in [-0.25, -0.2) is 9.37 Å². The van der Waals surface area contributed by atoms with Crippen LogP contribution in [0.1, 0.15) is 63.6 Å². The number of aromatic nitrogens is 4. The summed E-state index contributed by atoms with van der Waals surface area (Å²) in [6.07, 6.45) is -2.73. The second-order valence-corrected chi connectivity index (χ2v) is 14.5. The summed E-state index contributed by atoms with van der Waals surface area (Å²) in [5.41, 5.74) is 4.07. The molecule has 20 heteroatoms. The number of anilines is 2. The lowest BCUT2D eigenvalue weighted by Crippen LogP contribution is -2.53. The first-order valence-corrected chi connectivity index (χ1v) is 18.5. The van der Waals surface area contributed by atoms with Crippen molar-refractivity contribution in [2.45, 2.75) is 44.4 Å². The van der Waals surface area contributed by atoms with Gasteiger partial charge in [0, 0.05) is 67.0 Å². The molecular formula is C37H40ClF4N9O6. The van der Waals surface area contributed by atoms with Crippen LogP contribution in [0, 0.1) is 11.7 Å². The number of nitrogens with two attached hydrogens (primary N) is 1. The zero-order valence-electron chi connectivity index (χ0n) is 30.4. The minimum absolute atomic E-state index is 0.00531. The van der Waals surface area contributed by atoms with Crippen LogP contribution >= 0.6 is 11.6 Å². The van der Waals surface area contributed by atoms with Gasteiger partial charge in [0.1, 0.15) is 17.6 Å². The summed E-state index contributed by atoms with van der Waals surface area (Å²) in [6.45, 7) is 2.16. The van der Waals surface area contributed by atoms with Crippen LogP contribution in [-0.4, -0.2) is 121 Å². The predicted molar refractivity (Wildman–Crippen MR) is 199 cm³/mol. The molecule has 2 aromatic heterocycles. The number of likely N-dealkylation sites (tertiary alicyclic amines) is 1. The highest BCUT2D eigenvalue weighted by molar-refractivity contribution is 6.34. The van der Waals surface area contributed by atoms with Crippen molar-refractivity contribution in [1.82, 2.24) is 34.9 Å². The molecule has 2 saturated heterocycles. The molecule has 0 bridgehead atoms. The first kappa shape index (κ1) is 41.1. The monoisotopic (exact) mass is 817 g/mol. The van der Waals surface area contributed by atoms with E-state index in [4.69, 9.17) is 22.4 Å². The third-order valence-electron chi connectivity index (χ3n) is 10.1. The number of aromatic amines is 2. The van der Waals surface area contributed by atoms with Crippen LogP contribution < -0.4 is 11.1 Å². The number of nitrogens with zero attached hydrogens (tertiary/aromatic N) is 5. The summed E-state index contributed by atoms with van der Waals surface area (Å²) < 4.78 is 56.3. The van der Waals surface area contributed by atoms with Crippen LogP contribution in [0.15, 0.2) is 42.6 Å². The minimum atomic E-state index is -4.85. The molecule has 2 fully saturated rings. The second kappa shape index (κ2) is 17.3. The Morgan fingerprint density at radius 3 is 2.37 bits per heavy atom. The Balaban J connectivity index is 1.01. The Morgan fingerprint density at radius 2 is 1.72 bits per heavy atom. The van der Waals surface area contributed by atoms with E-state index in [2.05, 4.69) is 20.4 Å². The predicted octanol–water partition coefficient (Wildman–Crippen LogP) is 4.26. The van der Waals surface area contributed by atoms with Crippen LogP contribution in [0.4, 0.5) is 28.9 Å². The fourth-order valence-corrected chi connectivity index (χ4v) is 7.34. The Labute approximate surface area is 328 Å². The van der Waals surface area contributed by atoms with Gasteiger partial charge in [0.2, 0.25) is 0 Å². The molecule has 0 radical (unpaired) electrons. The summed E-state index contributed by atoms with van der Waals surface area (Å²) in [5.74, 6) is -3.23. The zero-order valence-corrected chi connectivity index (χ0v) is 31.2. The second-order valence-electron chi connectivity index (χ2n) is 14.1. The molecule has 0 spiro atoms. The molecule has 0 saturated carbocycles. The first-order valence-electron chi connectivity index (χ1n) is 18.1. The van der Waals surface area contributed by atoms with Gasteiger partial charge in [0.05, 0.1) is 22.8 Å². The van der Waals surface area contributed by atoms with E-state index in [1.165, 1.54) is 46.3 Å². The summed E-state index contributed by atoms with van der Waals surface area (Å²) in [5, 5.41) is 27.8. The highest BCUT2D eigenvalue weighted by atomic mass is 35.5. The molecule has 7 N–H and O–H groups in total. The van der Waals surface area contributed by atoms with Crippen LogP contribution in [0.2, 0.25) is 5.02 Å². The lowest BCUT2D eigenvalue weighted by molar-refractivity contribution is -0.142. The average molecular weight is 818 g/mol. The highest BCUT2D eigenvalue weighted by Crippen LogP contribution is 2.37. The number of halogens is 5. The molecule has 1 atom stereocenters. The third-order valence-corrected chi connectivity index (χ3v) is 10.5. The van der Waals surface area contributed by atoms with Crippen molar-refractivity contribution < 1.29 is 47.0 Å². The number of carbonyl (C=O) groups excluding carboxylic acids is 3. The third kappa shape index (κ3) is 9.89. The number of piperazine rings is 1. The van der Waals surface area contributed by atoms with E-state index in [0.29, 0.717) is 31.8 Å². The number of amides is 3. The molecule has 0 aliphatic carbocycles. The van der Waals surface area contributed by atoms with Crippen LogP contribution in [0.25, 0.3) is 11.3 Å². The number of carboxylic acids is 1. The van der Waals surface area contributed by atoms with E-state index in [1.54, 1.807) is 0 Å². The number of nitrogen functional groups attached to an aromatic ring is 1. The van der Waals surface area contributed by atoms with Gasteiger partial charge < -0.3 is 36.0 Å². The summed E-state index contributed by atoms with van der Waals surface area (Å²) in [7, 11) is 0. The first-order chi connectivity index (χ1) is 27.1. The number of alkyl halides is 3. The molecule has 4 heterocycles. The van der Waals surface area contributed by atoms with Gasteiger partial charge in [-0.15, -0.1) is 0 Å². The van der Waals surface area contributed by atoms with Crippen molar-refractivity contribution in [2.75, 3.05) is 56.9 Å². The number of hydrogen-bond donors (Lipinski definition) is 6. The standard InChI is InChI=1S/C37H40ClF4N9O6/c38-27-17-22(46-34(55)33-44-18-23(45-33)16-26-31(47-48-32(26)37(40,41)42)25-4-2-21(43)15-28(25)39)3-5-24(27)35(56)50-11-13-51(14-12-50)36(57)29(52)6-1-20-7-9-49(10-8-20)19-30(53)54/h2-5,15,17-18,20,29,52H,1,6-14,16,19,43H2,(H,44,45)(H,46,55)(H,47,48)(H,53,54)/t29-/m0/s1. The molecular weight excluding hydrogens is 778 g/mol. The van der Waals surface area contributed by atoms with Gasteiger partial charge in [-0.1, -0.05) is 11.6 Å². The average Bonchev–Trinajstić information content (AvgIpc) is 3.82. The SMILES string of the molecule is Nc1ccc(-c2n[nH]c(C(F)(F)F)c2Cc2cnc(C(=O)Nc3ccc(C(=O)N4CCN(C(=O)[C@@H](O)CCC5CCN(CC(=O)O)CC5)CC4)c(Cl)c3)[nH]2)c(F)c1. The topological polar surface area (TPSA) is 214 Å². The molecule has 2 aliphatic rings. The molecule has 3 amide bonds. The van der Waals surface area contributed by atoms with Crippen molar-refractivity contribution in [3.63, 3.8) is 0 Å². The fourth-order valence-electron chi connectivity index (χ4n) is 7.08. The smallest absolute Gasteiger partial charge is 0.433 e. The van der Waals surface area contributed by atoms with Gasteiger partial charge in [0.25, 0.3) is 17.7 Å². The van der Waals surface area contributed by atoms with Crippen LogP contribution in [-0.2, 0) is 22.2 Å². The van der Waals surface area contributed by atoms with Crippen molar-refractivity contribution in [2.24, 2.45) is 5.92 Å². The number of rotatable bonds is 12. The molecule has 6 rings (SSSR count). The maximum Gasteiger partial charge on any atom is 0.433 e. The molecule has 2 aromatic carbocycles. The molecule has 4 aromatic rings. The molecule has 304 valence electrons. The minimum Gasteiger partial charge on any atom is -0.480 e. The lowest BCUT2D eigenvalue weighted by atomic mass is 9.91. The van der Waals surface area contributed by atoms with Crippen LogP contribution in [0.3, 0.4) is 0 Å².